The molecule has 1 saturated heterocycles. The lowest BCUT2D eigenvalue weighted by atomic mass is 10.2. The number of anilines is 1. The summed E-state index contributed by atoms with van der Waals surface area (Å²) in [6, 6.07) is 7.90. The SMILES string of the molecule is Cc1ccc(NC(N)=NCC(O)CN2CCOCC2)cc1. The minimum absolute atomic E-state index is 0.294. The first-order valence-electron chi connectivity index (χ1n) is 7.25. The number of nitrogens with zero attached hydrogens (tertiary/aromatic N) is 2. The summed E-state index contributed by atoms with van der Waals surface area (Å²) in [5.41, 5.74) is 7.90. The molecule has 1 unspecified atom stereocenters. The van der Waals surface area contributed by atoms with Crippen LogP contribution in [0.25, 0.3) is 0 Å². The van der Waals surface area contributed by atoms with Crippen LogP contribution >= 0.6 is 0 Å². The van der Waals surface area contributed by atoms with Gasteiger partial charge >= 0.3 is 0 Å². The van der Waals surface area contributed by atoms with Gasteiger partial charge in [-0.15, -0.1) is 0 Å². The first-order valence-corrected chi connectivity index (χ1v) is 7.25. The van der Waals surface area contributed by atoms with Gasteiger partial charge in [-0.2, -0.15) is 0 Å². The third-order valence-electron chi connectivity index (χ3n) is 3.37. The average molecular weight is 292 g/mol. The molecular weight excluding hydrogens is 268 g/mol. The number of nitrogens with one attached hydrogen (secondary N) is 1. The number of benzene rings is 1. The Bertz CT molecular complexity index is 455. The molecular formula is C15H24N4O2. The Kier molecular flexibility index (Phi) is 5.98. The van der Waals surface area contributed by atoms with Gasteiger partial charge in [0, 0.05) is 25.3 Å². The fourth-order valence-corrected chi connectivity index (χ4v) is 2.17. The molecule has 1 aromatic carbocycles. The van der Waals surface area contributed by atoms with Crippen LogP contribution < -0.4 is 11.1 Å². The highest BCUT2D eigenvalue weighted by molar-refractivity contribution is 5.92. The van der Waals surface area contributed by atoms with Crippen LogP contribution in [0.5, 0.6) is 0 Å². The molecule has 4 N–H and O–H groups in total. The van der Waals surface area contributed by atoms with Crippen LogP contribution in [0.1, 0.15) is 5.56 Å². The maximum Gasteiger partial charge on any atom is 0.193 e. The van der Waals surface area contributed by atoms with E-state index in [1.807, 2.05) is 31.2 Å². The molecule has 1 aliphatic rings. The van der Waals surface area contributed by atoms with Crippen molar-refractivity contribution in [2.45, 2.75) is 13.0 Å². The van der Waals surface area contributed by atoms with Crippen molar-refractivity contribution in [2.75, 3.05) is 44.7 Å². The molecule has 0 saturated carbocycles. The third-order valence-corrected chi connectivity index (χ3v) is 3.37. The molecule has 1 aliphatic heterocycles. The van der Waals surface area contributed by atoms with Crippen molar-refractivity contribution in [2.24, 2.45) is 10.7 Å². The Morgan fingerprint density at radius 3 is 2.71 bits per heavy atom. The van der Waals surface area contributed by atoms with E-state index in [0.717, 1.165) is 32.0 Å². The van der Waals surface area contributed by atoms with E-state index >= 15 is 0 Å². The highest BCUT2D eigenvalue weighted by atomic mass is 16.5. The number of nitrogens with two attached hydrogens (primary N) is 1. The molecule has 6 heteroatoms. The van der Waals surface area contributed by atoms with Gasteiger partial charge in [0.25, 0.3) is 0 Å². The smallest absolute Gasteiger partial charge is 0.193 e. The lowest BCUT2D eigenvalue weighted by molar-refractivity contribution is 0.0165. The molecule has 0 spiro atoms. The minimum atomic E-state index is -0.513. The maximum absolute atomic E-state index is 9.98. The van der Waals surface area contributed by atoms with E-state index in [-0.39, 0.29) is 0 Å². The van der Waals surface area contributed by atoms with Crippen molar-refractivity contribution in [3.05, 3.63) is 29.8 Å². The van der Waals surface area contributed by atoms with Gasteiger partial charge in [-0.3, -0.25) is 9.89 Å². The molecule has 1 aromatic rings. The Morgan fingerprint density at radius 2 is 2.05 bits per heavy atom. The van der Waals surface area contributed by atoms with E-state index in [0.29, 0.717) is 19.0 Å². The number of β-amino-alcohol motifs (C(OH)–C–C–N with tert-alkyl or cyclic N) is 1. The molecule has 0 aliphatic carbocycles. The van der Waals surface area contributed by atoms with Crippen molar-refractivity contribution in [3.8, 4) is 0 Å². The first kappa shape index (κ1) is 15.8. The van der Waals surface area contributed by atoms with Crippen molar-refractivity contribution < 1.29 is 9.84 Å². The van der Waals surface area contributed by atoms with Gasteiger partial charge in [0.05, 0.1) is 25.9 Å². The van der Waals surface area contributed by atoms with E-state index in [4.69, 9.17) is 10.5 Å². The monoisotopic (exact) mass is 292 g/mol. The summed E-state index contributed by atoms with van der Waals surface area (Å²) >= 11 is 0. The van der Waals surface area contributed by atoms with Gasteiger partial charge in [0.2, 0.25) is 0 Å². The second kappa shape index (κ2) is 7.97. The summed E-state index contributed by atoms with van der Waals surface area (Å²) in [6.45, 7) is 6.10. The van der Waals surface area contributed by atoms with Crippen molar-refractivity contribution >= 4 is 11.6 Å². The largest absolute Gasteiger partial charge is 0.390 e. The lowest BCUT2D eigenvalue weighted by Crippen LogP contribution is -2.42. The fraction of sp³-hybridized carbons (Fsp3) is 0.533. The fourth-order valence-electron chi connectivity index (χ4n) is 2.17. The summed E-state index contributed by atoms with van der Waals surface area (Å²) in [7, 11) is 0. The normalized spacial score (nSPS) is 18.5. The number of morpholine rings is 1. The second-order valence-corrected chi connectivity index (χ2v) is 5.28. The van der Waals surface area contributed by atoms with Gasteiger partial charge in [-0.1, -0.05) is 17.7 Å². The van der Waals surface area contributed by atoms with Crippen LogP contribution in [-0.2, 0) is 4.74 Å². The number of guanidine groups is 1. The number of hydrogen-bond donors (Lipinski definition) is 3. The van der Waals surface area contributed by atoms with Crippen LogP contribution in [0.2, 0.25) is 0 Å². The van der Waals surface area contributed by atoms with Crippen LogP contribution in [-0.4, -0.2) is 61.5 Å². The second-order valence-electron chi connectivity index (χ2n) is 5.28. The quantitative estimate of drug-likeness (QED) is 0.541. The number of aryl methyl sites for hydroxylation is 1. The van der Waals surface area contributed by atoms with Crippen LogP contribution in [0, 0.1) is 6.92 Å². The molecule has 2 rings (SSSR count). The van der Waals surface area contributed by atoms with Gasteiger partial charge < -0.3 is 20.9 Å². The number of hydrogen-bond acceptors (Lipinski definition) is 4. The van der Waals surface area contributed by atoms with Crippen molar-refractivity contribution in [3.63, 3.8) is 0 Å². The molecule has 1 heterocycles. The van der Waals surface area contributed by atoms with Gasteiger partial charge in [-0.05, 0) is 19.1 Å². The number of aliphatic hydroxyl groups is 1. The topological polar surface area (TPSA) is 83.1 Å². The van der Waals surface area contributed by atoms with Crippen LogP contribution in [0.15, 0.2) is 29.3 Å². The van der Waals surface area contributed by atoms with E-state index in [2.05, 4.69) is 15.2 Å². The molecule has 116 valence electrons. The highest BCUT2D eigenvalue weighted by Crippen LogP contribution is 2.07. The number of rotatable bonds is 5. The zero-order valence-corrected chi connectivity index (χ0v) is 12.5. The zero-order chi connectivity index (χ0) is 15.1. The molecule has 1 fully saturated rings. The number of aliphatic imine (C=N–C) groups is 1. The third kappa shape index (κ3) is 5.71. The van der Waals surface area contributed by atoms with E-state index in [1.54, 1.807) is 0 Å². The number of aliphatic hydroxyl groups excluding tert-OH is 1. The maximum atomic E-state index is 9.98. The van der Waals surface area contributed by atoms with Gasteiger partial charge in [-0.25, -0.2) is 0 Å². The van der Waals surface area contributed by atoms with E-state index in [9.17, 15) is 5.11 Å². The average Bonchev–Trinajstić information content (AvgIpc) is 2.49. The van der Waals surface area contributed by atoms with E-state index < -0.39 is 6.10 Å². The predicted octanol–water partition coefficient (Wildman–Crippen LogP) is 0.415. The summed E-state index contributed by atoms with van der Waals surface area (Å²) in [5, 5.41) is 13.0. The molecule has 21 heavy (non-hydrogen) atoms. The summed E-state index contributed by atoms with van der Waals surface area (Å²) in [4.78, 5) is 6.36. The Morgan fingerprint density at radius 1 is 1.38 bits per heavy atom. The molecule has 0 radical (unpaired) electrons. The van der Waals surface area contributed by atoms with Crippen molar-refractivity contribution in [1.82, 2.24) is 4.90 Å². The van der Waals surface area contributed by atoms with Crippen LogP contribution in [0.3, 0.4) is 0 Å². The van der Waals surface area contributed by atoms with Gasteiger partial charge in [0.1, 0.15) is 0 Å². The minimum Gasteiger partial charge on any atom is -0.390 e. The summed E-state index contributed by atoms with van der Waals surface area (Å²) in [5.74, 6) is 0.319. The van der Waals surface area contributed by atoms with E-state index in [1.165, 1.54) is 5.56 Å². The molecule has 0 aromatic heterocycles. The Hall–Kier alpha value is -1.63. The molecule has 0 amide bonds. The zero-order valence-electron chi connectivity index (χ0n) is 12.5. The van der Waals surface area contributed by atoms with Crippen molar-refractivity contribution in [1.29, 1.82) is 0 Å². The molecule has 0 bridgehead atoms. The molecule has 1 atom stereocenters. The molecule has 6 nitrogen and oxygen atoms in total. The van der Waals surface area contributed by atoms with Crippen LogP contribution in [0.4, 0.5) is 5.69 Å². The predicted molar refractivity (Wildman–Crippen MR) is 84.6 cm³/mol. The standard InChI is InChI=1S/C15H24N4O2/c1-12-2-4-13(5-3-12)18-15(16)17-10-14(20)11-19-6-8-21-9-7-19/h2-5,14,20H,6-11H2,1H3,(H3,16,17,18). The lowest BCUT2D eigenvalue weighted by Gasteiger charge is -2.28. The first-order chi connectivity index (χ1) is 10.1. The number of ether oxygens (including phenoxy) is 1. The summed E-state index contributed by atoms with van der Waals surface area (Å²) < 4.78 is 5.27. The van der Waals surface area contributed by atoms with Gasteiger partial charge in [0.15, 0.2) is 5.96 Å². The summed E-state index contributed by atoms with van der Waals surface area (Å²) in [6.07, 6.45) is -0.513. The highest BCUT2D eigenvalue weighted by Gasteiger charge is 2.14. The Labute approximate surface area is 125 Å². The Balaban J connectivity index is 1.75.